The minimum Gasteiger partial charge on any atom is -0.491 e. The van der Waals surface area contributed by atoms with Gasteiger partial charge in [-0.05, 0) is 36.4 Å². The summed E-state index contributed by atoms with van der Waals surface area (Å²) in [5, 5.41) is 11.0. The summed E-state index contributed by atoms with van der Waals surface area (Å²) in [6.45, 7) is 3.17. The second-order valence-electron chi connectivity index (χ2n) is 7.89. The van der Waals surface area contributed by atoms with Crippen LogP contribution in [0.4, 0.5) is 4.39 Å². The van der Waals surface area contributed by atoms with Gasteiger partial charge in [0.05, 0.1) is 24.9 Å². The van der Waals surface area contributed by atoms with Crippen LogP contribution in [0.5, 0.6) is 5.75 Å². The Morgan fingerprint density at radius 1 is 1.30 bits per heavy atom. The van der Waals surface area contributed by atoms with Crippen LogP contribution in [0.1, 0.15) is 10.4 Å². The lowest BCUT2D eigenvalue weighted by molar-refractivity contribution is -0.0546. The summed E-state index contributed by atoms with van der Waals surface area (Å²) in [6.07, 6.45) is -0.959. The molecular formula is C24H30ClFN2O5. The van der Waals surface area contributed by atoms with Crippen molar-refractivity contribution in [1.82, 2.24) is 9.80 Å². The summed E-state index contributed by atoms with van der Waals surface area (Å²) in [5.74, 6) is -0.319. The first kappa shape index (κ1) is 25.4. The fourth-order valence-electron chi connectivity index (χ4n) is 3.66. The van der Waals surface area contributed by atoms with Crippen LogP contribution in [0.15, 0.2) is 48.5 Å². The predicted molar refractivity (Wildman–Crippen MR) is 123 cm³/mol. The molecule has 0 saturated carbocycles. The standard InChI is InChI=1S/C24H30ClFN2O5/c1-31-12-11-28(24(30)22-4-2-3-5-23(22)26)16-21-15-27(10-13-32-21)14-19(29)17-33-20-8-6-18(25)7-9-20/h2-9,19,21,29H,10-17H2,1H3. The maximum atomic E-state index is 14.2. The average molecular weight is 481 g/mol. The highest BCUT2D eigenvalue weighted by molar-refractivity contribution is 6.30. The minimum atomic E-state index is -0.691. The molecule has 1 aliphatic heterocycles. The molecule has 3 rings (SSSR count). The van der Waals surface area contributed by atoms with Crippen LogP contribution in [-0.2, 0) is 9.47 Å². The first-order chi connectivity index (χ1) is 16.0. The number of hydrogen-bond acceptors (Lipinski definition) is 6. The fourth-order valence-corrected chi connectivity index (χ4v) is 3.78. The largest absolute Gasteiger partial charge is 0.491 e. The lowest BCUT2D eigenvalue weighted by Gasteiger charge is -2.36. The smallest absolute Gasteiger partial charge is 0.256 e. The second-order valence-corrected chi connectivity index (χ2v) is 8.33. The van der Waals surface area contributed by atoms with Gasteiger partial charge in [-0.25, -0.2) is 4.39 Å². The zero-order chi connectivity index (χ0) is 23.6. The van der Waals surface area contributed by atoms with Crippen molar-refractivity contribution in [2.45, 2.75) is 12.2 Å². The molecule has 1 saturated heterocycles. The van der Waals surface area contributed by atoms with E-state index in [1.807, 2.05) is 0 Å². The van der Waals surface area contributed by atoms with E-state index >= 15 is 0 Å². The summed E-state index contributed by atoms with van der Waals surface area (Å²) < 4.78 is 30.8. The first-order valence-corrected chi connectivity index (χ1v) is 11.3. The van der Waals surface area contributed by atoms with Gasteiger partial charge in [-0.2, -0.15) is 0 Å². The fraction of sp³-hybridized carbons (Fsp3) is 0.458. The Kier molecular flexibility index (Phi) is 9.90. The molecule has 9 heteroatoms. The van der Waals surface area contributed by atoms with Crippen molar-refractivity contribution in [3.05, 3.63) is 64.9 Å². The Hall–Kier alpha value is -2.23. The van der Waals surface area contributed by atoms with Gasteiger partial charge in [-0.15, -0.1) is 0 Å². The number of rotatable bonds is 11. The van der Waals surface area contributed by atoms with E-state index < -0.39 is 17.8 Å². The van der Waals surface area contributed by atoms with Gasteiger partial charge < -0.3 is 24.2 Å². The van der Waals surface area contributed by atoms with E-state index in [0.717, 1.165) is 0 Å². The van der Waals surface area contributed by atoms with Crippen molar-refractivity contribution in [2.75, 3.05) is 59.7 Å². The van der Waals surface area contributed by atoms with E-state index in [-0.39, 0.29) is 18.3 Å². The SMILES string of the molecule is COCCN(CC1CN(CC(O)COc2ccc(Cl)cc2)CCO1)C(=O)c1ccccc1F. The maximum Gasteiger partial charge on any atom is 0.256 e. The molecular weight excluding hydrogens is 451 g/mol. The number of benzene rings is 2. The zero-order valence-corrected chi connectivity index (χ0v) is 19.4. The number of halogens is 2. The molecule has 0 bridgehead atoms. The Bertz CT molecular complexity index is 885. The van der Waals surface area contributed by atoms with Crippen molar-refractivity contribution in [2.24, 2.45) is 0 Å². The molecule has 2 aromatic carbocycles. The molecule has 1 aliphatic rings. The highest BCUT2D eigenvalue weighted by Gasteiger charge is 2.27. The van der Waals surface area contributed by atoms with Gasteiger partial charge in [0.25, 0.3) is 5.91 Å². The molecule has 0 radical (unpaired) electrons. The summed E-state index contributed by atoms with van der Waals surface area (Å²) >= 11 is 5.87. The van der Waals surface area contributed by atoms with E-state index in [9.17, 15) is 14.3 Å². The Morgan fingerprint density at radius 3 is 2.79 bits per heavy atom. The third-order valence-electron chi connectivity index (χ3n) is 5.33. The van der Waals surface area contributed by atoms with Crippen LogP contribution < -0.4 is 4.74 Å². The van der Waals surface area contributed by atoms with E-state index in [1.165, 1.54) is 12.1 Å². The third kappa shape index (κ3) is 7.94. The van der Waals surface area contributed by atoms with Crippen molar-refractivity contribution in [3.8, 4) is 5.75 Å². The van der Waals surface area contributed by atoms with Crippen LogP contribution in [0, 0.1) is 5.82 Å². The average Bonchev–Trinajstić information content (AvgIpc) is 2.81. The number of aliphatic hydroxyl groups is 1. The molecule has 180 valence electrons. The summed E-state index contributed by atoms with van der Waals surface area (Å²) in [7, 11) is 1.55. The molecule has 0 aromatic heterocycles. The Balaban J connectivity index is 1.53. The van der Waals surface area contributed by atoms with Crippen molar-refractivity contribution in [3.63, 3.8) is 0 Å². The van der Waals surface area contributed by atoms with Crippen LogP contribution in [0.2, 0.25) is 5.02 Å². The molecule has 1 N–H and O–H groups in total. The number of ether oxygens (including phenoxy) is 3. The highest BCUT2D eigenvalue weighted by Crippen LogP contribution is 2.16. The number of carbonyl (C=O) groups excluding carboxylic acids is 1. The van der Waals surface area contributed by atoms with Gasteiger partial charge in [0.1, 0.15) is 24.3 Å². The molecule has 7 nitrogen and oxygen atoms in total. The number of aliphatic hydroxyl groups excluding tert-OH is 1. The van der Waals surface area contributed by atoms with E-state index in [2.05, 4.69) is 4.90 Å². The molecule has 2 aromatic rings. The zero-order valence-electron chi connectivity index (χ0n) is 18.7. The minimum absolute atomic E-state index is 0.0241. The molecule has 0 aliphatic carbocycles. The molecule has 2 atom stereocenters. The number of methoxy groups -OCH3 is 1. The molecule has 1 amide bonds. The van der Waals surface area contributed by atoms with Crippen LogP contribution in [-0.4, -0.2) is 92.7 Å². The lowest BCUT2D eigenvalue weighted by Crippen LogP contribution is -2.51. The van der Waals surface area contributed by atoms with E-state index in [4.69, 9.17) is 25.8 Å². The number of β-amino-alcohol motifs (C(OH)–C–C–N with tert-alkyl or cyclic N) is 1. The molecule has 1 heterocycles. The van der Waals surface area contributed by atoms with Gasteiger partial charge in [0.15, 0.2) is 0 Å². The molecule has 0 spiro atoms. The Morgan fingerprint density at radius 2 is 2.06 bits per heavy atom. The quantitative estimate of drug-likeness (QED) is 0.533. The lowest BCUT2D eigenvalue weighted by atomic mass is 10.1. The normalized spacial score (nSPS) is 17.5. The van der Waals surface area contributed by atoms with Crippen LogP contribution in [0.25, 0.3) is 0 Å². The van der Waals surface area contributed by atoms with Crippen molar-refractivity contribution in [1.29, 1.82) is 0 Å². The van der Waals surface area contributed by atoms with Gasteiger partial charge >= 0.3 is 0 Å². The molecule has 2 unspecified atom stereocenters. The second kappa shape index (κ2) is 12.9. The summed E-state index contributed by atoms with van der Waals surface area (Å²) in [5.41, 5.74) is 0.0241. The van der Waals surface area contributed by atoms with Gasteiger partial charge in [0.2, 0.25) is 0 Å². The van der Waals surface area contributed by atoms with Gasteiger partial charge in [-0.3, -0.25) is 9.69 Å². The molecule has 1 fully saturated rings. The topological polar surface area (TPSA) is 71.5 Å². The summed E-state index contributed by atoms with van der Waals surface area (Å²) in [6, 6.07) is 12.9. The van der Waals surface area contributed by atoms with Crippen molar-refractivity contribution >= 4 is 17.5 Å². The maximum absolute atomic E-state index is 14.2. The Labute approximate surface area is 198 Å². The van der Waals surface area contributed by atoms with Crippen LogP contribution >= 0.6 is 11.6 Å². The third-order valence-corrected chi connectivity index (χ3v) is 5.58. The van der Waals surface area contributed by atoms with Crippen molar-refractivity contribution < 1.29 is 28.5 Å². The first-order valence-electron chi connectivity index (χ1n) is 10.9. The molecule has 33 heavy (non-hydrogen) atoms. The number of nitrogens with zero attached hydrogens (tertiary/aromatic N) is 2. The number of morpholine rings is 1. The van der Waals surface area contributed by atoms with E-state index in [0.29, 0.717) is 56.7 Å². The van der Waals surface area contributed by atoms with E-state index in [1.54, 1.807) is 48.4 Å². The van der Waals surface area contributed by atoms with Crippen LogP contribution in [0.3, 0.4) is 0 Å². The predicted octanol–water partition coefficient (Wildman–Crippen LogP) is 2.71. The number of amides is 1. The summed E-state index contributed by atoms with van der Waals surface area (Å²) in [4.78, 5) is 16.6. The number of carbonyl (C=O) groups is 1. The van der Waals surface area contributed by atoms with Gasteiger partial charge in [0, 0.05) is 44.9 Å². The highest BCUT2D eigenvalue weighted by atomic mass is 35.5. The van der Waals surface area contributed by atoms with Gasteiger partial charge in [-0.1, -0.05) is 23.7 Å². The monoisotopic (exact) mass is 480 g/mol. The number of hydrogen-bond donors (Lipinski definition) is 1.